The second kappa shape index (κ2) is 12.0. The van der Waals surface area contributed by atoms with Gasteiger partial charge >= 0.3 is 0 Å². The van der Waals surface area contributed by atoms with E-state index in [0.717, 1.165) is 29.7 Å². The molecule has 0 fully saturated rings. The predicted molar refractivity (Wildman–Crippen MR) is 107 cm³/mol. The van der Waals surface area contributed by atoms with Crippen molar-refractivity contribution in [3.8, 4) is 0 Å². The Labute approximate surface area is 161 Å². The highest BCUT2D eigenvalue weighted by atomic mass is 35.5. The number of nitrogens with one attached hydrogen (secondary N) is 2. The highest BCUT2D eigenvalue weighted by Crippen LogP contribution is 2.22. The molecule has 7 heteroatoms. The number of aromatic nitrogens is 1. The minimum atomic E-state index is -0.0564. The van der Waals surface area contributed by atoms with Gasteiger partial charge in [0.2, 0.25) is 0 Å². The van der Waals surface area contributed by atoms with E-state index in [-0.39, 0.29) is 36.6 Å². The second-order valence-electron chi connectivity index (χ2n) is 5.77. The molecule has 0 unspecified atom stereocenters. The number of rotatable bonds is 8. The quantitative estimate of drug-likeness (QED) is 0.682. The van der Waals surface area contributed by atoms with Crippen LogP contribution in [0.4, 0.5) is 0 Å². The topological polar surface area (TPSA) is 63.2 Å². The Bertz CT molecular complexity index is 666. The summed E-state index contributed by atoms with van der Waals surface area (Å²) in [5, 5.41) is 7.06. The molecule has 25 heavy (non-hydrogen) atoms. The Balaban J connectivity index is 0.00000288. The zero-order valence-electron chi connectivity index (χ0n) is 14.9. The summed E-state index contributed by atoms with van der Waals surface area (Å²) in [6, 6.07) is 9.67. The van der Waals surface area contributed by atoms with Crippen molar-refractivity contribution in [1.82, 2.24) is 15.6 Å². The third-order valence-corrected chi connectivity index (χ3v) is 3.64. The van der Waals surface area contributed by atoms with E-state index in [4.69, 9.17) is 4.74 Å². The van der Waals surface area contributed by atoms with Crippen molar-refractivity contribution in [1.29, 1.82) is 0 Å². The first-order chi connectivity index (χ1) is 11.1. The van der Waals surface area contributed by atoms with E-state index >= 15 is 0 Å². The van der Waals surface area contributed by atoms with Crippen LogP contribution in [0.2, 0.25) is 0 Å². The number of carbonyl (C=O) groups excluding carboxylic acids is 1. The van der Waals surface area contributed by atoms with Crippen LogP contribution in [0.25, 0.3) is 10.9 Å². The Hall–Kier alpha value is -1.40. The lowest BCUT2D eigenvalue weighted by molar-refractivity contribution is 0.0955. The molecule has 1 amide bonds. The maximum atomic E-state index is 12.5. The highest BCUT2D eigenvalue weighted by Gasteiger charge is 2.13. The summed E-state index contributed by atoms with van der Waals surface area (Å²) in [6.07, 6.45) is 0. The number of para-hydroxylation sites is 1. The molecule has 1 aromatic carbocycles. The molecule has 1 heterocycles. The largest absolute Gasteiger partial charge is 0.383 e. The van der Waals surface area contributed by atoms with Crippen molar-refractivity contribution < 1.29 is 9.53 Å². The SMILES string of the molecule is COCCNCCNC(=O)c1cc(C(C)C)nc2ccccc12.Cl.Cl. The van der Waals surface area contributed by atoms with Crippen molar-refractivity contribution in [2.75, 3.05) is 33.4 Å². The van der Waals surface area contributed by atoms with E-state index in [0.29, 0.717) is 18.7 Å². The number of halogens is 2. The monoisotopic (exact) mass is 387 g/mol. The molecule has 0 aliphatic carbocycles. The Kier molecular flexibility index (Phi) is 11.4. The first-order valence-electron chi connectivity index (χ1n) is 8.01. The number of hydrogen-bond donors (Lipinski definition) is 2. The summed E-state index contributed by atoms with van der Waals surface area (Å²) in [6.45, 7) is 6.91. The van der Waals surface area contributed by atoms with Gasteiger partial charge in [0.15, 0.2) is 0 Å². The smallest absolute Gasteiger partial charge is 0.252 e. The van der Waals surface area contributed by atoms with Crippen LogP contribution in [0.5, 0.6) is 0 Å². The van der Waals surface area contributed by atoms with Crippen LogP contribution in [-0.4, -0.2) is 44.2 Å². The van der Waals surface area contributed by atoms with Gasteiger partial charge in [0.1, 0.15) is 0 Å². The van der Waals surface area contributed by atoms with Gasteiger partial charge in [-0.1, -0.05) is 32.0 Å². The molecule has 5 nitrogen and oxygen atoms in total. The molecule has 0 saturated carbocycles. The van der Waals surface area contributed by atoms with E-state index < -0.39 is 0 Å². The number of benzene rings is 1. The summed E-state index contributed by atoms with van der Waals surface area (Å²) in [7, 11) is 1.67. The van der Waals surface area contributed by atoms with E-state index in [1.54, 1.807) is 7.11 Å². The maximum absolute atomic E-state index is 12.5. The lowest BCUT2D eigenvalue weighted by Gasteiger charge is -2.12. The molecule has 0 atom stereocenters. The van der Waals surface area contributed by atoms with Crippen LogP contribution in [0.3, 0.4) is 0 Å². The summed E-state index contributed by atoms with van der Waals surface area (Å²) in [4.78, 5) is 17.2. The average molecular weight is 388 g/mol. The molecule has 0 aliphatic rings. The minimum Gasteiger partial charge on any atom is -0.383 e. The normalized spacial score (nSPS) is 10.2. The standard InChI is InChI=1S/C18H25N3O2.2ClH/c1-13(2)17-12-15(14-6-4-5-7-16(14)21-17)18(22)20-9-8-19-10-11-23-3;;/h4-7,12-13,19H,8-11H2,1-3H3,(H,20,22);2*1H. The third-order valence-electron chi connectivity index (χ3n) is 3.64. The molecule has 2 aromatic rings. The molecule has 2 N–H and O–H groups in total. The molecule has 140 valence electrons. The van der Waals surface area contributed by atoms with Gasteiger partial charge in [-0.3, -0.25) is 9.78 Å². The van der Waals surface area contributed by atoms with Crippen molar-refractivity contribution in [3.63, 3.8) is 0 Å². The van der Waals surface area contributed by atoms with Gasteiger partial charge in [0.25, 0.3) is 5.91 Å². The van der Waals surface area contributed by atoms with E-state index in [1.165, 1.54) is 0 Å². The van der Waals surface area contributed by atoms with Crippen molar-refractivity contribution in [2.24, 2.45) is 0 Å². The Morgan fingerprint density at radius 3 is 2.56 bits per heavy atom. The second-order valence-corrected chi connectivity index (χ2v) is 5.77. The van der Waals surface area contributed by atoms with Crippen LogP contribution in [0, 0.1) is 0 Å². The highest BCUT2D eigenvalue weighted by molar-refractivity contribution is 6.06. The zero-order chi connectivity index (χ0) is 16.7. The summed E-state index contributed by atoms with van der Waals surface area (Å²) in [5.41, 5.74) is 2.49. The molecule has 0 aliphatic heterocycles. The van der Waals surface area contributed by atoms with Gasteiger partial charge in [-0.05, 0) is 18.1 Å². The fourth-order valence-electron chi connectivity index (χ4n) is 2.34. The number of nitrogens with zero attached hydrogens (tertiary/aromatic N) is 1. The molecule has 2 rings (SSSR count). The first-order valence-corrected chi connectivity index (χ1v) is 8.01. The van der Waals surface area contributed by atoms with Gasteiger partial charge in [-0.25, -0.2) is 0 Å². The molecule has 0 saturated heterocycles. The van der Waals surface area contributed by atoms with Crippen LogP contribution < -0.4 is 10.6 Å². The number of fused-ring (bicyclic) bond motifs is 1. The molecular weight excluding hydrogens is 361 g/mol. The first kappa shape index (κ1) is 23.6. The van der Waals surface area contributed by atoms with Crippen LogP contribution >= 0.6 is 24.8 Å². The number of ether oxygens (including phenoxy) is 1. The minimum absolute atomic E-state index is 0. The van der Waals surface area contributed by atoms with Gasteiger partial charge < -0.3 is 15.4 Å². The van der Waals surface area contributed by atoms with E-state index in [1.807, 2.05) is 30.3 Å². The Morgan fingerprint density at radius 1 is 1.16 bits per heavy atom. The lowest BCUT2D eigenvalue weighted by Crippen LogP contribution is -2.33. The van der Waals surface area contributed by atoms with E-state index in [9.17, 15) is 4.79 Å². The number of methoxy groups -OCH3 is 1. The molecule has 1 aromatic heterocycles. The Morgan fingerprint density at radius 2 is 1.88 bits per heavy atom. The molecule has 0 spiro atoms. The summed E-state index contributed by atoms with van der Waals surface area (Å²) >= 11 is 0. The number of carbonyl (C=O) groups is 1. The number of hydrogen-bond acceptors (Lipinski definition) is 4. The molecular formula is C18H27Cl2N3O2. The summed E-state index contributed by atoms with van der Waals surface area (Å²) < 4.78 is 4.97. The molecule has 0 radical (unpaired) electrons. The van der Waals surface area contributed by atoms with Gasteiger partial charge in [0, 0.05) is 37.8 Å². The lowest BCUT2D eigenvalue weighted by atomic mass is 10.0. The van der Waals surface area contributed by atoms with Crippen molar-refractivity contribution in [3.05, 3.63) is 41.6 Å². The van der Waals surface area contributed by atoms with Gasteiger partial charge in [0.05, 0.1) is 17.7 Å². The van der Waals surface area contributed by atoms with Crippen molar-refractivity contribution >= 4 is 41.6 Å². The van der Waals surface area contributed by atoms with Gasteiger partial charge in [-0.2, -0.15) is 0 Å². The number of amides is 1. The fraction of sp³-hybridized carbons (Fsp3) is 0.444. The summed E-state index contributed by atoms with van der Waals surface area (Å²) in [5.74, 6) is 0.223. The van der Waals surface area contributed by atoms with Crippen LogP contribution in [0.15, 0.2) is 30.3 Å². The predicted octanol–water partition coefficient (Wildman–Crippen LogP) is 3.17. The third kappa shape index (κ3) is 6.78. The average Bonchev–Trinajstić information content (AvgIpc) is 2.56. The van der Waals surface area contributed by atoms with Crippen molar-refractivity contribution in [2.45, 2.75) is 19.8 Å². The maximum Gasteiger partial charge on any atom is 0.252 e. The zero-order valence-corrected chi connectivity index (χ0v) is 16.5. The van der Waals surface area contributed by atoms with Crippen LogP contribution in [-0.2, 0) is 4.74 Å². The van der Waals surface area contributed by atoms with Gasteiger partial charge in [-0.15, -0.1) is 24.8 Å². The molecule has 0 bridgehead atoms. The fourth-order valence-corrected chi connectivity index (χ4v) is 2.34. The van der Waals surface area contributed by atoms with Crippen LogP contribution in [0.1, 0.15) is 35.8 Å². The van der Waals surface area contributed by atoms with E-state index in [2.05, 4.69) is 29.5 Å². The number of pyridine rings is 1.